The predicted molar refractivity (Wildman–Crippen MR) is 195 cm³/mol. The highest BCUT2D eigenvalue weighted by atomic mass is 31.2. The minimum atomic E-state index is -4.85. The topological polar surface area (TPSA) is 270 Å². The van der Waals surface area contributed by atoms with Crippen LogP contribution in [0.5, 0.6) is 0 Å². The van der Waals surface area contributed by atoms with Crippen LogP contribution in [0, 0.1) is 5.41 Å². The van der Waals surface area contributed by atoms with Gasteiger partial charge in [-0.1, -0.05) is 73.5 Å². The summed E-state index contributed by atoms with van der Waals surface area (Å²) >= 11 is 0. The number of hydrogen-bond donors (Lipinski definition) is 8. The van der Waals surface area contributed by atoms with E-state index in [0.29, 0.717) is 38.5 Å². The lowest BCUT2D eigenvalue weighted by Gasteiger charge is -2.41. The fraction of sp³-hybridized carbons (Fsp3) is 0.541. The average Bonchev–Trinajstić information content (AvgIpc) is 3.59. The first-order valence-electron chi connectivity index (χ1n) is 18.1. The number of phosphoric acid groups is 1. The maximum atomic E-state index is 13.3. The maximum absolute atomic E-state index is 13.3. The zero-order valence-electron chi connectivity index (χ0n) is 30.3. The van der Waals surface area contributed by atoms with Crippen molar-refractivity contribution < 1.29 is 68.0 Å². The van der Waals surface area contributed by atoms with Crippen LogP contribution in [0.3, 0.4) is 0 Å². The molecule has 0 aliphatic heterocycles. The van der Waals surface area contributed by atoms with Gasteiger partial charge in [-0.25, -0.2) is 14.2 Å². The first-order chi connectivity index (χ1) is 26.0. The molecular formula is C37H50N3O14P. The van der Waals surface area contributed by atoms with Gasteiger partial charge >= 0.3 is 37.7 Å². The molecular weight excluding hydrogens is 741 g/mol. The van der Waals surface area contributed by atoms with Crippen molar-refractivity contribution in [3.05, 3.63) is 71.8 Å². The molecule has 0 aromatic heterocycles. The van der Waals surface area contributed by atoms with E-state index in [0.717, 1.165) is 24.0 Å². The van der Waals surface area contributed by atoms with Gasteiger partial charge < -0.3 is 35.7 Å². The number of carboxylic acid groups (broad SMARTS) is 5. The second-order valence-corrected chi connectivity index (χ2v) is 15.9. The standard InChI is InChI=1S/C37H50N3O14P/c41-30(42)20-40(21-31(43)44)24-36(15-7-8-16-36)23-38-29(33(45)46)19-27(39-32(34(47)48)35(49)50)22-53-55(51,52)54-28-13-17-37(18-14-28,25-9-3-1-4-10-25)26-11-5-2-6-12-26/h1-6,9-12,27-29,32,38-39H,7-8,13-24H2,(H,41,42)(H,43,44)(H,45,46)(H,47,48)(H,49,50)(H,51,52). The molecule has 0 bridgehead atoms. The quantitative estimate of drug-likeness (QED) is 0.0594. The molecule has 2 aromatic rings. The molecule has 0 saturated heterocycles. The molecule has 2 saturated carbocycles. The molecule has 3 unspecified atom stereocenters. The predicted octanol–water partition coefficient (Wildman–Crippen LogP) is 3.01. The van der Waals surface area contributed by atoms with Crippen LogP contribution in [-0.2, 0) is 43.0 Å². The Bertz CT molecular complexity index is 1590. The van der Waals surface area contributed by atoms with Gasteiger partial charge in [0, 0.05) is 24.5 Å². The van der Waals surface area contributed by atoms with Gasteiger partial charge in [0.05, 0.1) is 25.8 Å². The zero-order valence-corrected chi connectivity index (χ0v) is 31.2. The maximum Gasteiger partial charge on any atom is 0.472 e. The van der Waals surface area contributed by atoms with E-state index in [9.17, 15) is 59.0 Å². The Kier molecular flexibility index (Phi) is 15.5. The van der Waals surface area contributed by atoms with Crippen LogP contribution in [0.25, 0.3) is 0 Å². The number of aliphatic carboxylic acids is 5. The smallest absolute Gasteiger partial charge is 0.472 e. The number of nitrogens with zero attached hydrogens (tertiary/aromatic N) is 1. The molecule has 3 atom stereocenters. The van der Waals surface area contributed by atoms with Gasteiger partial charge in [-0.05, 0) is 61.5 Å². The minimum absolute atomic E-state index is 0.00527. The first-order valence-corrected chi connectivity index (χ1v) is 19.6. The van der Waals surface area contributed by atoms with Gasteiger partial charge in [0.2, 0.25) is 6.04 Å². The van der Waals surface area contributed by atoms with Crippen LogP contribution in [0.1, 0.15) is 68.9 Å². The third-order valence-electron chi connectivity index (χ3n) is 10.5. The van der Waals surface area contributed by atoms with Crippen molar-refractivity contribution in [3.8, 4) is 0 Å². The molecule has 2 fully saturated rings. The summed E-state index contributed by atoms with van der Waals surface area (Å²) in [7, 11) is -4.85. The van der Waals surface area contributed by atoms with Crippen molar-refractivity contribution in [2.24, 2.45) is 5.41 Å². The number of hydrogen-bond acceptors (Lipinski definition) is 11. The Hall–Kier alpha value is -4.22. The van der Waals surface area contributed by atoms with E-state index in [1.807, 2.05) is 60.7 Å². The largest absolute Gasteiger partial charge is 0.480 e. The molecule has 55 heavy (non-hydrogen) atoms. The van der Waals surface area contributed by atoms with Gasteiger partial charge in [0.1, 0.15) is 6.04 Å². The van der Waals surface area contributed by atoms with Crippen molar-refractivity contribution in [1.82, 2.24) is 15.5 Å². The molecule has 0 heterocycles. The molecule has 2 aliphatic rings. The SMILES string of the molecule is O=C(O)CN(CC(=O)O)CC1(CNC(CC(COP(=O)(O)OC2CCC(c3ccccc3)(c3ccccc3)CC2)NC(C(=O)O)C(=O)O)C(=O)O)CCCC1. The van der Waals surface area contributed by atoms with Gasteiger partial charge in [-0.2, -0.15) is 0 Å². The Balaban J connectivity index is 1.45. The molecule has 0 radical (unpaired) electrons. The summed E-state index contributed by atoms with van der Waals surface area (Å²) in [5.74, 6) is -7.43. The highest BCUT2D eigenvalue weighted by molar-refractivity contribution is 7.47. The van der Waals surface area contributed by atoms with Gasteiger partial charge in [-0.3, -0.25) is 33.6 Å². The Morgan fingerprint density at radius 1 is 0.782 bits per heavy atom. The summed E-state index contributed by atoms with van der Waals surface area (Å²) in [6.07, 6.45) is 3.31. The van der Waals surface area contributed by atoms with Crippen LogP contribution in [0.2, 0.25) is 0 Å². The number of phosphoric ester groups is 1. The molecule has 17 nitrogen and oxygen atoms in total. The summed E-state index contributed by atoms with van der Waals surface area (Å²) in [4.78, 5) is 70.9. The Morgan fingerprint density at radius 2 is 1.29 bits per heavy atom. The summed E-state index contributed by atoms with van der Waals surface area (Å²) in [6, 6.07) is 14.8. The summed E-state index contributed by atoms with van der Waals surface area (Å²) < 4.78 is 24.1. The molecule has 8 N–H and O–H groups in total. The molecule has 0 amide bonds. The number of nitrogens with one attached hydrogen (secondary N) is 2. The normalized spacial score (nSPS) is 19.0. The third kappa shape index (κ3) is 12.7. The molecule has 2 aromatic carbocycles. The highest BCUT2D eigenvalue weighted by Gasteiger charge is 2.42. The first kappa shape index (κ1) is 43.5. The van der Waals surface area contributed by atoms with Crippen molar-refractivity contribution in [2.75, 3.05) is 32.8 Å². The Labute approximate surface area is 318 Å². The monoisotopic (exact) mass is 791 g/mol. The van der Waals surface area contributed by atoms with Crippen molar-refractivity contribution >= 4 is 37.7 Å². The average molecular weight is 792 g/mol. The molecule has 0 spiro atoms. The van der Waals surface area contributed by atoms with E-state index in [4.69, 9.17) is 9.05 Å². The fourth-order valence-corrected chi connectivity index (χ4v) is 8.97. The third-order valence-corrected chi connectivity index (χ3v) is 11.6. The molecule has 18 heteroatoms. The molecule has 2 aliphatic carbocycles. The summed E-state index contributed by atoms with van der Waals surface area (Å²) in [6.45, 7) is -1.84. The molecule has 4 rings (SSSR count). The van der Waals surface area contributed by atoms with E-state index in [1.54, 1.807) is 0 Å². The van der Waals surface area contributed by atoms with Crippen LogP contribution < -0.4 is 10.6 Å². The number of rotatable bonds is 23. The second kappa shape index (κ2) is 19.6. The lowest BCUT2D eigenvalue weighted by Crippen LogP contribution is -2.54. The van der Waals surface area contributed by atoms with Crippen LogP contribution in [-0.4, -0.2) is 122 Å². The van der Waals surface area contributed by atoms with Crippen LogP contribution in [0.4, 0.5) is 0 Å². The fourth-order valence-electron chi connectivity index (χ4n) is 7.96. The second-order valence-electron chi connectivity index (χ2n) is 14.5. The van der Waals surface area contributed by atoms with Crippen molar-refractivity contribution in [3.63, 3.8) is 0 Å². The van der Waals surface area contributed by atoms with Crippen LogP contribution in [0.15, 0.2) is 60.7 Å². The van der Waals surface area contributed by atoms with E-state index in [1.165, 1.54) is 4.90 Å². The minimum Gasteiger partial charge on any atom is -0.480 e. The Morgan fingerprint density at radius 3 is 1.75 bits per heavy atom. The lowest BCUT2D eigenvalue weighted by molar-refractivity contribution is -0.151. The summed E-state index contributed by atoms with van der Waals surface area (Å²) in [5, 5.41) is 53.1. The van der Waals surface area contributed by atoms with E-state index < -0.39 is 93.4 Å². The van der Waals surface area contributed by atoms with E-state index in [-0.39, 0.29) is 18.5 Å². The zero-order chi connectivity index (χ0) is 40.2. The van der Waals surface area contributed by atoms with Gasteiger partial charge in [-0.15, -0.1) is 0 Å². The van der Waals surface area contributed by atoms with Gasteiger partial charge in [0.15, 0.2) is 0 Å². The number of benzene rings is 2. The summed E-state index contributed by atoms with van der Waals surface area (Å²) in [5.41, 5.74) is 1.14. The van der Waals surface area contributed by atoms with Crippen molar-refractivity contribution in [2.45, 2.75) is 87.4 Å². The van der Waals surface area contributed by atoms with Crippen LogP contribution >= 0.6 is 7.82 Å². The van der Waals surface area contributed by atoms with E-state index in [2.05, 4.69) is 10.6 Å². The number of carboxylic acids is 5. The van der Waals surface area contributed by atoms with Gasteiger partial charge in [0.25, 0.3) is 0 Å². The highest BCUT2D eigenvalue weighted by Crippen LogP contribution is 2.51. The lowest BCUT2D eigenvalue weighted by atomic mass is 9.65. The molecule has 302 valence electrons. The number of carbonyl (C=O) groups is 5. The van der Waals surface area contributed by atoms with E-state index >= 15 is 0 Å². The van der Waals surface area contributed by atoms with Crippen molar-refractivity contribution in [1.29, 1.82) is 0 Å².